The van der Waals surface area contributed by atoms with E-state index in [9.17, 15) is 9.59 Å². The SMILES string of the molecule is C/C(=N/NC(=O)CCC(=O)Nc1ccc(C)cc1)c1ccc(Br)cc1. The Morgan fingerprint density at radius 2 is 1.56 bits per heavy atom. The Kier molecular flexibility index (Phi) is 6.89. The normalized spacial score (nSPS) is 11.1. The van der Waals surface area contributed by atoms with Gasteiger partial charge in [-0.15, -0.1) is 0 Å². The average Bonchev–Trinajstić information content (AvgIpc) is 2.60. The van der Waals surface area contributed by atoms with Crippen LogP contribution < -0.4 is 10.7 Å². The number of hydrogen-bond donors (Lipinski definition) is 2. The van der Waals surface area contributed by atoms with Gasteiger partial charge in [-0.05, 0) is 43.7 Å². The van der Waals surface area contributed by atoms with Crippen LogP contribution in [0.4, 0.5) is 5.69 Å². The van der Waals surface area contributed by atoms with E-state index in [4.69, 9.17) is 0 Å². The Balaban J connectivity index is 1.77. The summed E-state index contributed by atoms with van der Waals surface area (Å²) in [5, 5.41) is 6.83. The second-order valence-electron chi connectivity index (χ2n) is 5.65. The predicted octanol–water partition coefficient (Wildman–Crippen LogP) is 4.02. The first-order valence-electron chi connectivity index (χ1n) is 7.89. The Morgan fingerprint density at radius 1 is 0.960 bits per heavy atom. The maximum Gasteiger partial charge on any atom is 0.240 e. The van der Waals surface area contributed by atoms with E-state index in [0.717, 1.165) is 21.3 Å². The van der Waals surface area contributed by atoms with E-state index in [0.29, 0.717) is 5.71 Å². The monoisotopic (exact) mass is 401 g/mol. The lowest BCUT2D eigenvalue weighted by molar-refractivity contribution is -0.124. The van der Waals surface area contributed by atoms with Gasteiger partial charge < -0.3 is 5.32 Å². The largest absolute Gasteiger partial charge is 0.326 e. The Morgan fingerprint density at radius 3 is 2.20 bits per heavy atom. The number of benzene rings is 2. The second kappa shape index (κ2) is 9.13. The number of aryl methyl sites for hydroxylation is 1. The molecule has 0 fully saturated rings. The zero-order chi connectivity index (χ0) is 18.2. The lowest BCUT2D eigenvalue weighted by Gasteiger charge is -2.06. The summed E-state index contributed by atoms with van der Waals surface area (Å²) in [6.45, 7) is 3.79. The molecular weight excluding hydrogens is 382 g/mol. The highest BCUT2D eigenvalue weighted by Gasteiger charge is 2.07. The summed E-state index contributed by atoms with van der Waals surface area (Å²) >= 11 is 3.37. The van der Waals surface area contributed by atoms with E-state index >= 15 is 0 Å². The van der Waals surface area contributed by atoms with Crippen molar-refractivity contribution in [3.05, 3.63) is 64.1 Å². The van der Waals surface area contributed by atoms with Crippen LogP contribution >= 0.6 is 15.9 Å². The predicted molar refractivity (Wildman–Crippen MR) is 104 cm³/mol. The quantitative estimate of drug-likeness (QED) is 0.566. The highest BCUT2D eigenvalue weighted by molar-refractivity contribution is 9.10. The number of nitrogens with one attached hydrogen (secondary N) is 2. The molecule has 0 heterocycles. The number of amides is 2. The fraction of sp³-hybridized carbons (Fsp3) is 0.211. The molecule has 0 saturated heterocycles. The van der Waals surface area contributed by atoms with Crippen molar-refractivity contribution in [3.8, 4) is 0 Å². The fourth-order valence-corrected chi connectivity index (χ4v) is 2.31. The zero-order valence-electron chi connectivity index (χ0n) is 14.2. The molecule has 0 aromatic heterocycles. The molecule has 2 amide bonds. The molecule has 25 heavy (non-hydrogen) atoms. The highest BCUT2D eigenvalue weighted by Crippen LogP contribution is 2.11. The van der Waals surface area contributed by atoms with Gasteiger partial charge in [-0.3, -0.25) is 9.59 Å². The van der Waals surface area contributed by atoms with Gasteiger partial charge in [0.25, 0.3) is 0 Å². The summed E-state index contributed by atoms with van der Waals surface area (Å²) in [5.74, 6) is -0.497. The smallest absolute Gasteiger partial charge is 0.240 e. The van der Waals surface area contributed by atoms with Crippen molar-refractivity contribution in [1.82, 2.24) is 5.43 Å². The first-order chi connectivity index (χ1) is 11.9. The summed E-state index contributed by atoms with van der Waals surface area (Å²) in [6.07, 6.45) is 0.182. The summed E-state index contributed by atoms with van der Waals surface area (Å²) in [6, 6.07) is 15.1. The standard InChI is InChI=1S/C19H20BrN3O2/c1-13-3-9-17(10-4-13)21-18(24)11-12-19(25)23-22-14(2)15-5-7-16(20)8-6-15/h3-10H,11-12H2,1-2H3,(H,21,24)(H,23,25)/b22-14-. The van der Waals surface area contributed by atoms with Crippen LogP contribution in [0.15, 0.2) is 58.1 Å². The molecule has 2 N–H and O–H groups in total. The maximum atomic E-state index is 11.9. The van der Waals surface area contributed by atoms with Gasteiger partial charge in [0.2, 0.25) is 11.8 Å². The third-order valence-corrected chi connectivity index (χ3v) is 4.05. The topological polar surface area (TPSA) is 70.6 Å². The molecule has 0 aliphatic heterocycles. The van der Waals surface area contributed by atoms with E-state index < -0.39 is 0 Å². The number of hydrogen-bond acceptors (Lipinski definition) is 3. The van der Waals surface area contributed by atoms with Crippen molar-refractivity contribution in [2.24, 2.45) is 5.10 Å². The van der Waals surface area contributed by atoms with Crippen LogP contribution in [0.5, 0.6) is 0 Å². The van der Waals surface area contributed by atoms with Crippen LogP contribution in [-0.4, -0.2) is 17.5 Å². The van der Waals surface area contributed by atoms with Crippen LogP contribution in [0.3, 0.4) is 0 Å². The number of carbonyl (C=O) groups excluding carboxylic acids is 2. The molecule has 6 heteroatoms. The van der Waals surface area contributed by atoms with E-state index in [1.54, 1.807) is 0 Å². The van der Waals surface area contributed by atoms with Gasteiger partial charge in [-0.25, -0.2) is 5.43 Å². The van der Waals surface area contributed by atoms with Crippen LogP contribution in [0.1, 0.15) is 30.9 Å². The van der Waals surface area contributed by atoms with Crippen LogP contribution in [0.25, 0.3) is 0 Å². The fourth-order valence-electron chi connectivity index (χ4n) is 2.05. The van der Waals surface area contributed by atoms with Crippen LogP contribution in [0.2, 0.25) is 0 Å². The van der Waals surface area contributed by atoms with Crippen molar-refractivity contribution in [2.75, 3.05) is 5.32 Å². The molecule has 0 spiro atoms. The lowest BCUT2D eigenvalue weighted by Crippen LogP contribution is -2.21. The van der Waals surface area contributed by atoms with E-state index in [1.807, 2.05) is 62.4 Å². The molecule has 0 bridgehead atoms. The summed E-state index contributed by atoms with van der Waals surface area (Å²) in [5.41, 5.74) is 5.94. The minimum Gasteiger partial charge on any atom is -0.326 e. The number of anilines is 1. The maximum absolute atomic E-state index is 11.9. The minimum absolute atomic E-state index is 0.0782. The number of hydrazone groups is 1. The molecule has 0 radical (unpaired) electrons. The number of nitrogens with zero attached hydrogens (tertiary/aromatic N) is 1. The zero-order valence-corrected chi connectivity index (χ0v) is 15.8. The summed E-state index contributed by atoms with van der Waals surface area (Å²) in [4.78, 5) is 23.7. The molecule has 2 aromatic rings. The van der Waals surface area contributed by atoms with Crippen LogP contribution in [-0.2, 0) is 9.59 Å². The first-order valence-corrected chi connectivity index (χ1v) is 8.69. The first kappa shape index (κ1) is 18.9. The summed E-state index contributed by atoms with van der Waals surface area (Å²) in [7, 11) is 0. The third-order valence-electron chi connectivity index (χ3n) is 3.52. The van der Waals surface area contributed by atoms with Gasteiger partial charge in [-0.2, -0.15) is 5.10 Å². The van der Waals surface area contributed by atoms with Crippen molar-refractivity contribution >= 4 is 39.1 Å². The second-order valence-corrected chi connectivity index (χ2v) is 6.57. The van der Waals surface area contributed by atoms with Crippen molar-refractivity contribution in [1.29, 1.82) is 0 Å². The van der Waals surface area contributed by atoms with E-state index in [1.165, 1.54) is 0 Å². The molecule has 0 unspecified atom stereocenters. The lowest BCUT2D eigenvalue weighted by atomic mass is 10.1. The molecule has 0 saturated carbocycles. The molecule has 130 valence electrons. The number of rotatable bonds is 6. The molecule has 0 atom stereocenters. The van der Waals surface area contributed by atoms with Gasteiger partial charge in [0.15, 0.2) is 0 Å². The Hall–Kier alpha value is -2.47. The molecule has 5 nitrogen and oxygen atoms in total. The molecule has 0 aliphatic carbocycles. The summed E-state index contributed by atoms with van der Waals surface area (Å²) < 4.78 is 0.979. The van der Waals surface area contributed by atoms with E-state index in [2.05, 4.69) is 31.8 Å². The van der Waals surface area contributed by atoms with Crippen molar-refractivity contribution < 1.29 is 9.59 Å². The minimum atomic E-state index is -0.296. The number of carbonyl (C=O) groups is 2. The molecular formula is C19H20BrN3O2. The Bertz CT molecular complexity index is 768. The average molecular weight is 402 g/mol. The van der Waals surface area contributed by atoms with Gasteiger partial charge in [0, 0.05) is 23.0 Å². The van der Waals surface area contributed by atoms with Gasteiger partial charge in [0.1, 0.15) is 0 Å². The Labute approximate surface area is 155 Å². The highest BCUT2D eigenvalue weighted by atomic mass is 79.9. The van der Waals surface area contributed by atoms with E-state index in [-0.39, 0.29) is 24.7 Å². The molecule has 2 aromatic carbocycles. The van der Waals surface area contributed by atoms with Gasteiger partial charge in [0.05, 0.1) is 5.71 Å². The molecule has 2 rings (SSSR count). The molecule has 0 aliphatic rings. The van der Waals surface area contributed by atoms with Gasteiger partial charge >= 0.3 is 0 Å². The van der Waals surface area contributed by atoms with Crippen molar-refractivity contribution in [3.63, 3.8) is 0 Å². The van der Waals surface area contributed by atoms with Gasteiger partial charge in [-0.1, -0.05) is 45.8 Å². The number of halogens is 1. The third kappa shape index (κ3) is 6.51. The van der Waals surface area contributed by atoms with Crippen LogP contribution in [0, 0.1) is 6.92 Å². The van der Waals surface area contributed by atoms with Crippen molar-refractivity contribution in [2.45, 2.75) is 26.7 Å².